The zero-order valence-corrected chi connectivity index (χ0v) is 15.2. The topological polar surface area (TPSA) is 47.6 Å². The van der Waals surface area contributed by atoms with Crippen LogP contribution in [0.5, 0.6) is 11.5 Å². The Hall–Kier alpha value is -1.93. The first-order valence-corrected chi connectivity index (χ1v) is 9.71. The van der Waals surface area contributed by atoms with E-state index in [0.29, 0.717) is 5.75 Å². The minimum atomic E-state index is -3.01. The van der Waals surface area contributed by atoms with E-state index in [2.05, 4.69) is 5.09 Å². The fourth-order valence-electron chi connectivity index (χ4n) is 2.32. The first-order valence-electron chi connectivity index (χ1n) is 7.64. The third-order valence-electron chi connectivity index (χ3n) is 3.03. The summed E-state index contributed by atoms with van der Waals surface area (Å²) < 4.78 is 23.9. The van der Waals surface area contributed by atoms with E-state index in [4.69, 9.17) is 9.26 Å². The van der Waals surface area contributed by atoms with E-state index < -0.39 is 7.52 Å². The SMILES string of the molecule is Cc1cc(C)cc(O[P@](C)(=O)Nc2ccc(OC(C)C)cc2)c1. The maximum atomic E-state index is 12.7. The van der Waals surface area contributed by atoms with Crippen molar-refractivity contribution in [3.05, 3.63) is 53.6 Å². The van der Waals surface area contributed by atoms with Gasteiger partial charge in [-0.1, -0.05) is 6.07 Å². The van der Waals surface area contributed by atoms with Gasteiger partial charge in [-0.05, 0) is 75.2 Å². The molecule has 0 spiro atoms. The van der Waals surface area contributed by atoms with Gasteiger partial charge in [-0.2, -0.15) is 0 Å². The quantitative estimate of drug-likeness (QED) is 0.719. The second-order valence-corrected chi connectivity index (χ2v) is 8.16. The second kappa shape index (κ2) is 7.10. The van der Waals surface area contributed by atoms with Crippen molar-refractivity contribution in [2.45, 2.75) is 33.8 Å². The second-order valence-electron chi connectivity index (χ2n) is 6.06. The van der Waals surface area contributed by atoms with Gasteiger partial charge in [0, 0.05) is 12.4 Å². The Morgan fingerprint density at radius 1 is 0.957 bits per heavy atom. The Kier molecular flexibility index (Phi) is 5.38. The van der Waals surface area contributed by atoms with Crippen LogP contribution in [0, 0.1) is 13.8 Å². The Morgan fingerprint density at radius 3 is 2.04 bits per heavy atom. The number of rotatable bonds is 6. The molecule has 0 saturated carbocycles. The monoisotopic (exact) mass is 333 g/mol. The van der Waals surface area contributed by atoms with Crippen LogP contribution >= 0.6 is 7.52 Å². The lowest BCUT2D eigenvalue weighted by Crippen LogP contribution is -2.06. The highest BCUT2D eigenvalue weighted by Crippen LogP contribution is 2.43. The predicted molar refractivity (Wildman–Crippen MR) is 95.9 cm³/mol. The maximum Gasteiger partial charge on any atom is 0.338 e. The molecule has 1 N–H and O–H groups in total. The molecule has 2 aromatic rings. The average Bonchev–Trinajstić information content (AvgIpc) is 2.38. The molecular formula is C18H24NO3P. The van der Waals surface area contributed by atoms with Crippen molar-refractivity contribution in [2.24, 2.45) is 0 Å². The van der Waals surface area contributed by atoms with E-state index >= 15 is 0 Å². The third kappa shape index (κ3) is 5.65. The summed E-state index contributed by atoms with van der Waals surface area (Å²) >= 11 is 0. The molecule has 2 rings (SSSR count). The standard InChI is InChI=1S/C18H24NO3P/c1-13(2)21-17-8-6-16(7-9-17)19-23(5,20)22-18-11-14(3)10-15(4)12-18/h6-13H,1-5H3,(H,19,20)/t23-/m0/s1. The van der Waals surface area contributed by atoms with Gasteiger partial charge in [-0.25, -0.2) is 0 Å². The van der Waals surface area contributed by atoms with E-state index in [-0.39, 0.29) is 6.10 Å². The summed E-state index contributed by atoms with van der Waals surface area (Å²) in [6.07, 6.45) is 0.124. The van der Waals surface area contributed by atoms with E-state index in [9.17, 15) is 4.57 Å². The van der Waals surface area contributed by atoms with Crippen LogP contribution < -0.4 is 14.3 Å². The van der Waals surface area contributed by atoms with Gasteiger partial charge in [0.2, 0.25) is 0 Å². The van der Waals surface area contributed by atoms with Gasteiger partial charge < -0.3 is 14.3 Å². The number of ether oxygens (including phenoxy) is 1. The van der Waals surface area contributed by atoms with Crippen LogP contribution in [0.1, 0.15) is 25.0 Å². The molecule has 1 atom stereocenters. The molecule has 0 fully saturated rings. The Bertz CT molecular complexity index is 690. The van der Waals surface area contributed by atoms with Crippen LogP contribution in [-0.2, 0) is 4.57 Å². The molecule has 0 aliphatic heterocycles. The molecule has 0 aromatic heterocycles. The molecule has 124 valence electrons. The molecule has 23 heavy (non-hydrogen) atoms. The zero-order chi connectivity index (χ0) is 17.0. The number of nitrogens with one attached hydrogen (secondary N) is 1. The first kappa shape index (κ1) is 17.4. The maximum absolute atomic E-state index is 12.7. The van der Waals surface area contributed by atoms with Crippen LogP contribution in [0.3, 0.4) is 0 Å². The molecule has 0 aliphatic rings. The van der Waals surface area contributed by atoms with Crippen LogP contribution in [0.2, 0.25) is 0 Å². The number of benzene rings is 2. The van der Waals surface area contributed by atoms with E-state index in [1.807, 2.05) is 70.2 Å². The third-order valence-corrected chi connectivity index (χ3v) is 4.26. The largest absolute Gasteiger partial charge is 0.491 e. The first-order chi connectivity index (χ1) is 10.7. The molecule has 0 amide bonds. The van der Waals surface area contributed by atoms with Crippen molar-refractivity contribution >= 4 is 13.2 Å². The highest BCUT2D eigenvalue weighted by atomic mass is 31.2. The molecule has 4 nitrogen and oxygen atoms in total. The van der Waals surface area contributed by atoms with Crippen molar-refractivity contribution < 1.29 is 13.8 Å². The van der Waals surface area contributed by atoms with Crippen LogP contribution in [0.4, 0.5) is 5.69 Å². The molecule has 0 unspecified atom stereocenters. The molecule has 0 aliphatic carbocycles. The summed E-state index contributed by atoms with van der Waals surface area (Å²) in [6.45, 7) is 9.50. The van der Waals surface area contributed by atoms with Gasteiger partial charge >= 0.3 is 7.52 Å². The lowest BCUT2D eigenvalue weighted by Gasteiger charge is -2.18. The van der Waals surface area contributed by atoms with E-state index in [1.54, 1.807) is 6.66 Å². The van der Waals surface area contributed by atoms with Gasteiger partial charge in [0.05, 0.1) is 6.10 Å². The van der Waals surface area contributed by atoms with Crippen molar-refractivity contribution in [3.8, 4) is 11.5 Å². The lowest BCUT2D eigenvalue weighted by atomic mass is 10.1. The zero-order valence-electron chi connectivity index (χ0n) is 14.3. The Labute approximate surface area is 138 Å². The van der Waals surface area contributed by atoms with Gasteiger partial charge in [-0.3, -0.25) is 4.57 Å². The van der Waals surface area contributed by atoms with Crippen molar-refractivity contribution in [3.63, 3.8) is 0 Å². The van der Waals surface area contributed by atoms with Crippen molar-refractivity contribution in [1.82, 2.24) is 0 Å². The van der Waals surface area contributed by atoms with Gasteiger partial charge in [0.15, 0.2) is 0 Å². The van der Waals surface area contributed by atoms with E-state index in [1.165, 1.54) is 0 Å². The fourth-order valence-corrected chi connectivity index (χ4v) is 3.50. The summed E-state index contributed by atoms with van der Waals surface area (Å²) in [5.74, 6) is 1.40. The number of hydrogen-bond donors (Lipinski definition) is 1. The predicted octanol–water partition coefficient (Wildman–Crippen LogP) is 5.40. The van der Waals surface area contributed by atoms with Crippen LogP contribution in [0.15, 0.2) is 42.5 Å². The van der Waals surface area contributed by atoms with Crippen LogP contribution in [-0.4, -0.2) is 12.8 Å². The summed E-state index contributed by atoms with van der Waals surface area (Å²) in [4.78, 5) is 0. The minimum Gasteiger partial charge on any atom is -0.491 e. The highest BCUT2D eigenvalue weighted by molar-refractivity contribution is 7.60. The van der Waals surface area contributed by atoms with Gasteiger partial charge in [0.25, 0.3) is 0 Å². The van der Waals surface area contributed by atoms with Crippen molar-refractivity contribution in [2.75, 3.05) is 11.8 Å². The molecule has 0 heterocycles. The Morgan fingerprint density at radius 2 is 1.52 bits per heavy atom. The normalized spacial score (nSPS) is 13.5. The number of aryl methyl sites for hydroxylation is 2. The summed E-state index contributed by atoms with van der Waals surface area (Å²) in [6, 6.07) is 13.2. The number of anilines is 1. The number of hydrogen-bond acceptors (Lipinski definition) is 3. The lowest BCUT2D eigenvalue weighted by molar-refractivity contribution is 0.242. The Balaban J connectivity index is 2.06. The summed E-state index contributed by atoms with van der Waals surface area (Å²) in [5, 5.41) is 2.96. The molecule has 0 bridgehead atoms. The summed E-state index contributed by atoms with van der Waals surface area (Å²) in [7, 11) is -3.01. The minimum absolute atomic E-state index is 0.124. The highest BCUT2D eigenvalue weighted by Gasteiger charge is 2.17. The van der Waals surface area contributed by atoms with Crippen molar-refractivity contribution in [1.29, 1.82) is 0 Å². The van der Waals surface area contributed by atoms with Gasteiger partial charge in [0.1, 0.15) is 11.5 Å². The smallest absolute Gasteiger partial charge is 0.338 e. The molecule has 0 saturated heterocycles. The summed E-state index contributed by atoms with van der Waals surface area (Å²) in [5.41, 5.74) is 2.89. The molecule has 2 aromatic carbocycles. The van der Waals surface area contributed by atoms with E-state index in [0.717, 1.165) is 22.6 Å². The van der Waals surface area contributed by atoms with Gasteiger partial charge in [-0.15, -0.1) is 0 Å². The molecule has 0 radical (unpaired) electrons. The van der Waals surface area contributed by atoms with Crippen LogP contribution in [0.25, 0.3) is 0 Å². The fraction of sp³-hybridized carbons (Fsp3) is 0.333. The molecular weight excluding hydrogens is 309 g/mol. The molecule has 5 heteroatoms. The average molecular weight is 333 g/mol.